The summed E-state index contributed by atoms with van der Waals surface area (Å²) >= 11 is 9.03. The minimum Gasteiger partial charge on any atom is -0.480 e. The molecule has 0 fully saturated rings. The van der Waals surface area contributed by atoms with Gasteiger partial charge in [-0.1, -0.05) is 17.7 Å². The summed E-state index contributed by atoms with van der Waals surface area (Å²) in [6.45, 7) is -0.688. The van der Waals surface area contributed by atoms with Gasteiger partial charge in [0.2, 0.25) is 0 Å². The molecule has 1 unspecified atom stereocenters. The molecule has 0 spiro atoms. The van der Waals surface area contributed by atoms with Crippen molar-refractivity contribution in [3.63, 3.8) is 0 Å². The number of benzene rings is 1. The molecule has 1 aromatic rings. The van der Waals surface area contributed by atoms with Crippen LogP contribution in [-0.4, -0.2) is 34.7 Å². The van der Waals surface area contributed by atoms with Crippen molar-refractivity contribution in [1.82, 2.24) is 5.32 Å². The van der Waals surface area contributed by atoms with E-state index in [0.29, 0.717) is 4.47 Å². The fourth-order valence-electron chi connectivity index (χ4n) is 1.10. The van der Waals surface area contributed by atoms with Crippen LogP contribution in [0.15, 0.2) is 22.7 Å². The van der Waals surface area contributed by atoms with Crippen molar-refractivity contribution in [2.45, 2.75) is 6.04 Å². The normalized spacial score (nSPS) is 11.9. The third kappa shape index (κ3) is 3.42. The minimum atomic E-state index is -1.35. The molecule has 0 saturated carbocycles. The maximum Gasteiger partial charge on any atom is 0.328 e. The van der Waals surface area contributed by atoms with E-state index >= 15 is 0 Å². The Kier molecular flexibility index (Phi) is 4.92. The van der Waals surface area contributed by atoms with Crippen molar-refractivity contribution in [1.29, 1.82) is 0 Å². The Hall–Kier alpha value is -1.11. The average molecular weight is 323 g/mol. The lowest BCUT2D eigenvalue weighted by atomic mass is 10.2. The fraction of sp³-hybridized carbons (Fsp3) is 0.200. The Morgan fingerprint density at radius 3 is 2.65 bits per heavy atom. The number of carboxylic acids is 1. The second-order valence-electron chi connectivity index (χ2n) is 3.15. The number of halogens is 2. The lowest BCUT2D eigenvalue weighted by Crippen LogP contribution is -2.43. The van der Waals surface area contributed by atoms with Crippen LogP contribution in [0.1, 0.15) is 10.4 Å². The van der Waals surface area contributed by atoms with Gasteiger partial charge in [0, 0.05) is 4.47 Å². The van der Waals surface area contributed by atoms with Gasteiger partial charge < -0.3 is 15.5 Å². The quantitative estimate of drug-likeness (QED) is 0.779. The number of hydrogen-bond donors (Lipinski definition) is 3. The molecule has 1 amide bonds. The number of aliphatic carboxylic acids is 1. The SMILES string of the molecule is O=C(NC(CO)C(=O)O)c1cccc(Br)c1Cl. The van der Waals surface area contributed by atoms with Crippen molar-refractivity contribution in [3.8, 4) is 0 Å². The maximum atomic E-state index is 11.7. The molecule has 0 aliphatic rings. The van der Waals surface area contributed by atoms with Gasteiger partial charge in [-0.05, 0) is 28.1 Å². The molecule has 0 bridgehead atoms. The third-order valence-corrected chi connectivity index (χ3v) is 3.28. The first-order valence-corrected chi connectivity index (χ1v) is 5.73. The predicted octanol–water partition coefficient (Wildman–Crippen LogP) is 1.28. The first-order chi connectivity index (χ1) is 7.97. The molecule has 1 atom stereocenters. The van der Waals surface area contributed by atoms with Crippen LogP contribution in [0.3, 0.4) is 0 Å². The van der Waals surface area contributed by atoms with E-state index in [1.165, 1.54) is 6.07 Å². The van der Waals surface area contributed by atoms with Crippen LogP contribution >= 0.6 is 27.5 Å². The van der Waals surface area contributed by atoms with E-state index < -0.39 is 24.5 Å². The number of carbonyl (C=O) groups excluding carboxylic acids is 1. The molecule has 0 saturated heterocycles. The van der Waals surface area contributed by atoms with Gasteiger partial charge >= 0.3 is 5.97 Å². The number of carboxylic acid groups (broad SMARTS) is 1. The Bertz CT molecular complexity index is 452. The summed E-state index contributed by atoms with van der Waals surface area (Å²) < 4.78 is 0.530. The highest BCUT2D eigenvalue weighted by Gasteiger charge is 2.21. The monoisotopic (exact) mass is 321 g/mol. The molecule has 1 aromatic carbocycles. The highest BCUT2D eigenvalue weighted by Crippen LogP contribution is 2.25. The van der Waals surface area contributed by atoms with E-state index in [1.54, 1.807) is 12.1 Å². The van der Waals surface area contributed by atoms with Crippen molar-refractivity contribution in [3.05, 3.63) is 33.3 Å². The zero-order valence-electron chi connectivity index (χ0n) is 8.48. The number of aliphatic hydroxyl groups is 1. The summed E-state index contributed by atoms with van der Waals surface area (Å²) in [5, 5.41) is 19.8. The number of rotatable bonds is 4. The second kappa shape index (κ2) is 6.00. The van der Waals surface area contributed by atoms with Crippen LogP contribution in [0, 0.1) is 0 Å². The largest absolute Gasteiger partial charge is 0.480 e. The van der Waals surface area contributed by atoms with E-state index in [-0.39, 0.29) is 10.6 Å². The minimum absolute atomic E-state index is 0.140. The smallest absolute Gasteiger partial charge is 0.328 e. The van der Waals surface area contributed by atoms with Gasteiger partial charge in [0.05, 0.1) is 17.2 Å². The van der Waals surface area contributed by atoms with Gasteiger partial charge in [-0.15, -0.1) is 0 Å². The molecule has 0 radical (unpaired) electrons. The van der Waals surface area contributed by atoms with Crippen molar-refractivity contribution in [2.24, 2.45) is 0 Å². The lowest BCUT2D eigenvalue weighted by Gasteiger charge is -2.12. The molecular formula is C10H9BrClNO4. The molecule has 0 aliphatic carbocycles. The third-order valence-electron chi connectivity index (χ3n) is 1.98. The van der Waals surface area contributed by atoms with E-state index in [4.69, 9.17) is 21.8 Å². The molecule has 17 heavy (non-hydrogen) atoms. The highest BCUT2D eigenvalue weighted by atomic mass is 79.9. The van der Waals surface area contributed by atoms with Gasteiger partial charge in [0.1, 0.15) is 0 Å². The molecule has 0 aliphatic heterocycles. The molecule has 0 aromatic heterocycles. The topological polar surface area (TPSA) is 86.6 Å². The van der Waals surface area contributed by atoms with Gasteiger partial charge in [-0.25, -0.2) is 4.79 Å². The number of carbonyl (C=O) groups is 2. The van der Waals surface area contributed by atoms with Crippen LogP contribution in [0.4, 0.5) is 0 Å². The summed E-state index contributed by atoms with van der Waals surface area (Å²) in [6, 6.07) is 3.36. The first-order valence-electron chi connectivity index (χ1n) is 4.56. The van der Waals surface area contributed by atoms with Crippen molar-refractivity contribution in [2.75, 3.05) is 6.61 Å². The predicted molar refractivity (Wildman–Crippen MR) is 65.1 cm³/mol. The Morgan fingerprint density at radius 2 is 2.12 bits per heavy atom. The average Bonchev–Trinajstić information content (AvgIpc) is 2.28. The van der Waals surface area contributed by atoms with Gasteiger partial charge in [0.15, 0.2) is 6.04 Å². The number of nitrogens with one attached hydrogen (secondary N) is 1. The highest BCUT2D eigenvalue weighted by molar-refractivity contribution is 9.10. The summed E-state index contributed by atoms with van der Waals surface area (Å²) in [5.74, 6) is -1.97. The number of amides is 1. The van der Waals surface area contributed by atoms with Crippen LogP contribution in [0.2, 0.25) is 5.02 Å². The Balaban J connectivity index is 2.90. The Labute approximate surface area is 111 Å². The van der Waals surface area contributed by atoms with Crippen molar-refractivity contribution >= 4 is 39.4 Å². The van der Waals surface area contributed by atoms with Crippen LogP contribution in [-0.2, 0) is 4.79 Å². The molecular weight excluding hydrogens is 313 g/mol. The molecule has 1 rings (SSSR count). The first kappa shape index (κ1) is 14.0. The van der Waals surface area contributed by atoms with E-state index in [9.17, 15) is 9.59 Å². The van der Waals surface area contributed by atoms with E-state index in [0.717, 1.165) is 0 Å². The van der Waals surface area contributed by atoms with Crippen molar-refractivity contribution < 1.29 is 19.8 Å². The van der Waals surface area contributed by atoms with Crippen LogP contribution in [0.25, 0.3) is 0 Å². The maximum absolute atomic E-state index is 11.7. The summed E-state index contributed by atoms with van der Waals surface area (Å²) in [5.41, 5.74) is 0.140. The molecule has 92 valence electrons. The number of aliphatic hydroxyl groups excluding tert-OH is 1. The Morgan fingerprint density at radius 1 is 1.47 bits per heavy atom. The molecule has 5 nitrogen and oxygen atoms in total. The lowest BCUT2D eigenvalue weighted by molar-refractivity contribution is -0.140. The van der Waals surface area contributed by atoms with Gasteiger partial charge in [-0.2, -0.15) is 0 Å². The standard InChI is InChI=1S/C10H9BrClNO4/c11-6-3-1-2-5(8(6)12)9(15)13-7(4-14)10(16)17/h1-3,7,14H,4H2,(H,13,15)(H,16,17). The fourth-order valence-corrected chi connectivity index (χ4v) is 1.68. The summed E-state index contributed by atoms with van der Waals surface area (Å²) in [7, 11) is 0. The zero-order chi connectivity index (χ0) is 13.0. The number of hydrogen-bond acceptors (Lipinski definition) is 3. The van der Waals surface area contributed by atoms with Gasteiger partial charge in [-0.3, -0.25) is 4.79 Å². The molecule has 0 heterocycles. The van der Waals surface area contributed by atoms with E-state index in [1.807, 2.05) is 0 Å². The zero-order valence-corrected chi connectivity index (χ0v) is 10.8. The van der Waals surface area contributed by atoms with Gasteiger partial charge in [0.25, 0.3) is 5.91 Å². The summed E-state index contributed by atoms with van der Waals surface area (Å²) in [4.78, 5) is 22.3. The van der Waals surface area contributed by atoms with E-state index in [2.05, 4.69) is 21.2 Å². The van der Waals surface area contributed by atoms with Crippen LogP contribution < -0.4 is 5.32 Å². The van der Waals surface area contributed by atoms with Crippen LogP contribution in [0.5, 0.6) is 0 Å². The molecule has 7 heteroatoms. The molecule has 3 N–H and O–H groups in total. The summed E-state index contributed by atoms with van der Waals surface area (Å²) in [6.07, 6.45) is 0. The second-order valence-corrected chi connectivity index (χ2v) is 4.38.